The first-order chi connectivity index (χ1) is 11.5. The van der Waals surface area contributed by atoms with Gasteiger partial charge in [0.05, 0.1) is 23.1 Å². The van der Waals surface area contributed by atoms with Gasteiger partial charge in [0.1, 0.15) is 6.04 Å². The summed E-state index contributed by atoms with van der Waals surface area (Å²) in [7, 11) is 0. The van der Waals surface area contributed by atoms with E-state index in [1.807, 2.05) is 38.1 Å². The van der Waals surface area contributed by atoms with Gasteiger partial charge in [-0.25, -0.2) is 9.48 Å². The number of amides is 1. The molecule has 1 amide bonds. The van der Waals surface area contributed by atoms with E-state index in [1.54, 1.807) is 4.68 Å². The molecule has 1 atom stereocenters. The summed E-state index contributed by atoms with van der Waals surface area (Å²) in [5.74, 6) is -1.19. The quantitative estimate of drug-likeness (QED) is 0.940. The third-order valence-electron chi connectivity index (χ3n) is 4.63. The molecule has 126 valence electrons. The summed E-state index contributed by atoms with van der Waals surface area (Å²) in [6.45, 7) is 4.31. The van der Waals surface area contributed by atoms with Crippen LogP contribution in [-0.4, -0.2) is 44.3 Å². The molecule has 2 heterocycles. The SMILES string of the molecule is Cc1ccccc1-n1ncc(C(=O)N2CCCCC2C(=O)O)c1C. The number of aryl methyl sites for hydroxylation is 1. The first-order valence-electron chi connectivity index (χ1n) is 8.15. The Morgan fingerprint density at radius 1 is 1.21 bits per heavy atom. The van der Waals surface area contributed by atoms with E-state index >= 15 is 0 Å². The highest BCUT2D eigenvalue weighted by Gasteiger charge is 2.33. The molecule has 2 aromatic rings. The van der Waals surface area contributed by atoms with Crippen LogP contribution < -0.4 is 0 Å². The topological polar surface area (TPSA) is 75.4 Å². The van der Waals surface area contributed by atoms with Gasteiger partial charge in [0.15, 0.2) is 0 Å². The highest BCUT2D eigenvalue weighted by Crippen LogP contribution is 2.23. The second-order valence-electron chi connectivity index (χ2n) is 6.19. The van der Waals surface area contributed by atoms with Crippen LogP contribution >= 0.6 is 0 Å². The molecule has 0 aliphatic carbocycles. The number of aliphatic carboxylic acids is 1. The number of aromatic nitrogens is 2. The molecule has 0 spiro atoms. The van der Waals surface area contributed by atoms with E-state index in [2.05, 4.69) is 5.10 Å². The van der Waals surface area contributed by atoms with Gasteiger partial charge in [-0.2, -0.15) is 5.10 Å². The van der Waals surface area contributed by atoms with Crippen LogP contribution in [0.4, 0.5) is 0 Å². The van der Waals surface area contributed by atoms with Crippen molar-refractivity contribution in [2.75, 3.05) is 6.54 Å². The smallest absolute Gasteiger partial charge is 0.326 e. The Bertz CT molecular complexity index is 782. The molecule has 1 aromatic heterocycles. The fourth-order valence-electron chi connectivity index (χ4n) is 3.25. The monoisotopic (exact) mass is 327 g/mol. The van der Waals surface area contributed by atoms with E-state index in [0.717, 1.165) is 29.8 Å². The third-order valence-corrected chi connectivity index (χ3v) is 4.63. The van der Waals surface area contributed by atoms with Gasteiger partial charge in [-0.05, 0) is 44.7 Å². The Balaban J connectivity index is 1.94. The van der Waals surface area contributed by atoms with Crippen LogP contribution in [0.2, 0.25) is 0 Å². The zero-order chi connectivity index (χ0) is 17.3. The van der Waals surface area contributed by atoms with Crippen LogP contribution in [-0.2, 0) is 4.79 Å². The number of piperidine rings is 1. The molecule has 0 bridgehead atoms. The van der Waals surface area contributed by atoms with Crippen LogP contribution in [0, 0.1) is 13.8 Å². The molecule has 1 unspecified atom stereocenters. The van der Waals surface area contributed by atoms with Crippen molar-refractivity contribution >= 4 is 11.9 Å². The fourth-order valence-corrected chi connectivity index (χ4v) is 3.25. The standard InChI is InChI=1S/C18H21N3O3/c1-12-7-3-4-8-15(12)21-13(2)14(11-19-21)17(22)20-10-6-5-9-16(20)18(23)24/h3-4,7-8,11,16H,5-6,9-10H2,1-2H3,(H,23,24). The van der Waals surface area contributed by atoms with Crippen LogP contribution in [0.25, 0.3) is 5.69 Å². The molecule has 1 saturated heterocycles. The molecule has 1 aliphatic heterocycles. The summed E-state index contributed by atoms with van der Waals surface area (Å²) in [4.78, 5) is 25.8. The Hall–Kier alpha value is -2.63. The maximum Gasteiger partial charge on any atom is 0.326 e. The normalized spacial score (nSPS) is 17.8. The van der Waals surface area contributed by atoms with Crippen LogP contribution in [0.3, 0.4) is 0 Å². The minimum absolute atomic E-state index is 0.251. The van der Waals surface area contributed by atoms with Gasteiger partial charge in [0.2, 0.25) is 0 Å². The number of rotatable bonds is 3. The maximum atomic E-state index is 12.9. The number of benzene rings is 1. The number of hydrogen-bond donors (Lipinski definition) is 1. The van der Waals surface area contributed by atoms with Gasteiger partial charge in [0.25, 0.3) is 5.91 Å². The number of carboxylic acids is 1. The van der Waals surface area contributed by atoms with Crippen molar-refractivity contribution in [2.24, 2.45) is 0 Å². The molecule has 1 fully saturated rings. The van der Waals surface area contributed by atoms with Crippen molar-refractivity contribution in [3.8, 4) is 5.69 Å². The summed E-state index contributed by atoms with van der Waals surface area (Å²) in [6.07, 6.45) is 3.71. The minimum Gasteiger partial charge on any atom is -0.480 e. The van der Waals surface area contributed by atoms with Gasteiger partial charge in [-0.1, -0.05) is 18.2 Å². The van der Waals surface area contributed by atoms with E-state index in [1.165, 1.54) is 11.1 Å². The molecule has 0 saturated carbocycles. The lowest BCUT2D eigenvalue weighted by molar-refractivity contribution is -0.143. The number of carbonyl (C=O) groups is 2. The Kier molecular flexibility index (Phi) is 4.38. The highest BCUT2D eigenvalue weighted by atomic mass is 16.4. The van der Waals surface area contributed by atoms with E-state index in [-0.39, 0.29) is 5.91 Å². The second-order valence-corrected chi connectivity index (χ2v) is 6.19. The van der Waals surface area contributed by atoms with E-state index in [9.17, 15) is 14.7 Å². The number of hydrogen-bond acceptors (Lipinski definition) is 3. The number of nitrogens with zero attached hydrogens (tertiary/aromatic N) is 3. The zero-order valence-corrected chi connectivity index (χ0v) is 13.9. The molecular weight excluding hydrogens is 306 g/mol. The van der Waals surface area contributed by atoms with Gasteiger partial charge >= 0.3 is 5.97 Å². The van der Waals surface area contributed by atoms with Crippen molar-refractivity contribution in [1.29, 1.82) is 0 Å². The fraction of sp³-hybridized carbons (Fsp3) is 0.389. The third kappa shape index (κ3) is 2.79. The van der Waals surface area contributed by atoms with Gasteiger partial charge in [0, 0.05) is 6.54 Å². The first kappa shape index (κ1) is 16.2. The summed E-state index contributed by atoms with van der Waals surface area (Å²) >= 11 is 0. The maximum absolute atomic E-state index is 12.9. The average molecular weight is 327 g/mol. The van der Waals surface area contributed by atoms with Gasteiger partial charge in [-0.15, -0.1) is 0 Å². The lowest BCUT2D eigenvalue weighted by Gasteiger charge is -2.32. The Morgan fingerprint density at radius 3 is 2.67 bits per heavy atom. The zero-order valence-electron chi connectivity index (χ0n) is 13.9. The highest BCUT2D eigenvalue weighted by molar-refractivity contribution is 5.97. The van der Waals surface area contributed by atoms with Crippen molar-refractivity contribution in [1.82, 2.24) is 14.7 Å². The summed E-state index contributed by atoms with van der Waals surface area (Å²) < 4.78 is 1.74. The van der Waals surface area contributed by atoms with Crippen LogP contribution in [0.5, 0.6) is 0 Å². The molecule has 1 aromatic carbocycles. The van der Waals surface area contributed by atoms with Gasteiger partial charge in [-0.3, -0.25) is 4.79 Å². The van der Waals surface area contributed by atoms with Crippen LogP contribution in [0.1, 0.15) is 40.9 Å². The lowest BCUT2D eigenvalue weighted by Crippen LogP contribution is -2.48. The van der Waals surface area contributed by atoms with Crippen molar-refractivity contribution in [3.63, 3.8) is 0 Å². The second kappa shape index (κ2) is 6.47. The molecule has 0 radical (unpaired) electrons. The molecule has 24 heavy (non-hydrogen) atoms. The van der Waals surface area contributed by atoms with E-state index < -0.39 is 12.0 Å². The summed E-state index contributed by atoms with van der Waals surface area (Å²) in [6, 6.07) is 7.07. The first-order valence-corrected chi connectivity index (χ1v) is 8.15. The van der Waals surface area contributed by atoms with Crippen molar-refractivity contribution in [2.45, 2.75) is 39.2 Å². The van der Waals surface area contributed by atoms with Crippen molar-refractivity contribution in [3.05, 3.63) is 47.3 Å². The minimum atomic E-state index is -0.938. The number of para-hydroxylation sites is 1. The predicted octanol–water partition coefficient (Wildman–Crippen LogP) is 2.57. The molecule has 1 N–H and O–H groups in total. The Morgan fingerprint density at radius 2 is 1.96 bits per heavy atom. The molecule has 6 nitrogen and oxygen atoms in total. The van der Waals surface area contributed by atoms with Crippen molar-refractivity contribution < 1.29 is 14.7 Å². The van der Waals surface area contributed by atoms with E-state index in [0.29, 0.717) is 18.5 Å². The summed E-state index contributed by atoms with van der Waals surface area (Å²) in [5, 5.41) is 13.7. The number of likely N-dealkylation sites (tertiary alicyclic amines) is 1. The lowest BCUT2D eigenvalue weighted by atomic mass is 10.0. The molecule has 6 heteroatoms. The molecular formula is C18H21N3O3. The largest absolute Gasteiger partial charge is 0.480 e. The average Bonchev–Trinajstić information content (AvgIpc) is 2.96. The number of carbonyl (C=O) groups excluding carboxylic acids is 1. The summed E-state index contributed by atoms with van der Waals surface area (Å²) in [5.41, 5.74) is 3.17. The van der Waals surface area contributed by atoms with Gasteiger partial charge < -0.3 is 10.0 Å². The number of carboxylic acid groups (broad SMARTS) is 1. The van der Waals surface area contributed by atoms with E-state index in [4.69, 9.17) is 0 Å². The predicted molar refractivity (Wildman–Crippen MR) is 89.3 cm³/mol. The molecule has 1 aliphatic rings. The molecule has 3 rings (SSSR count). The van der Waals surface area contributed by atoms with Crippen LogP contribution in [0.15, 0.2) is 30.5 Å². The Labute approximate surface area is 140 Å².